The van der Waals surface area contributed by atoms with E-state index in [4.69, 9.17) is 0 Å². The number of allylic oxidation sites excluding steroid dienone is 2. The van der Waals surface area contributed by atoms with Gasteiger partial charge in [0.1, 0.15) is 0 Å². The molecule has 0 atom stereocenters. The highest BCUT2D eigenvalue weighted by atomic mass is 16.2. The van der Waals surface area contributed by atoms with Gasteiger partial charge in [0.25, 0.3) is 5.91 Å². The first-order valence-electron chi connectivity index (χ1n) is 6.89. The van der Waals surface area contributed by atoms with Crippen LogP contribution < -0.4 is 0 Å². The van der Waals surface area contributed by atoms with Gasteiger partial charge in [-0.05, 0) is 37.8 Å². The van der Waals surface area contributed by atoms with Crippen LogP contribution in [0.1, 0.15) is 42.5 Å². The Labute approximate surface area is 112 Å². The van der Waals surface area contributed by atoms with Crippen LogP contribution in [0.3, 0.4) is 0 Å². The summed E-state index contributed by atoms with van der Waals surface area (Å²) in [6, 6.07) is 9.32. The van der Waals surface area contributed by atoms with Gasteiger partial charge in [0.15, 0.2) is 5.78 Å². The van der Waals surface area contributed by atoms with Crippen molar-refractivity contribution in [1.29, 1.82) is 0 Å². The minimum atomic E-state index is 0.0301. The van der Waals surface area contributed by atoms with Crippen molar-refractivity contribution in [2.24, 2.45) is 0 Å². The Morgan fingerprint density at radius 1 is 1.00 bits per heavy atom. The van der Waals surface area contributed by atoms with Gasteiger partial charge in [-0.25, -0.2) is 0 Å². The third kappa shape index (κ3) is 2.21. The molecule has 1 aromatic rings. The molecule has 1 aromatic carbocycles. The fraction of sp³-hybridized carbons (Fsp3) is 0.375. The summed E-state index contributed by atoms with van der Waals surface area (Å²) in [4.78, 5) is 26.3. The number of benzene rings is 1. The van der Waals surface area contributed by atoms with Gasteiger partial charge >= 0.3 is 0 Å². The molecule has 0 unspecified atom stereocenters. The lowest BCUT2D eigenvalue weighted by molar-refractivity contribution is -0.116. The second-order valence-electron chi connectivity index (χ2n) is 5.13. The SMILES string of the molecule is O=C1CCN(C(=O)c2ccccc2)C2=C1CCCC2. The van der Waals surface area contributed by atoms with E-state index in [1.807, 2.05) is 35.2 Å². The summed E-state index contributed by atoms with van der Waals surface area (Å²) < 4.78 is 0. The number of rotatable bonds is 1. The molecule has 1 amide bonds. The molecule has 0 aromatic heterocycles. The highest BCUT2D eigenvalue weighted by Crippen LogP contribution is 2.32. The Kier molecular flexibility index (Phi) is 3.20. The standard InChI is InChI=1S/C16H17NO2/c18-15-10-11-17(14-9-5-4-8-13(14)15)16(19)12-6-2-1-3-7-12/h1-3,6-7H,4-5,8-11H2. The quantitative estimate of drug-likeness (QED) is 0.773. The summed E-state index contributed by atoms with van der Waals surface area (Å²) in [5.41, 5.74) is 2.59. The predicted molar refractivity (Wildman–Crippen MR) is 72.6 cm³/mol. The molecular formula is C16H17NO2. The zero-order chi connectivity index (χ0) is 13.2. The Hall–Kier alpha value is -1.90. The molecule has 1 aliphatic heterocycles. The maximum absolute atomic E-state index is 12.5. The first-order chi connectivity index (χ1) is 9.27. The third-order valence-electron chi connectivity index (χ3n) is 3.93. The van der Waals surface area contributed by atoms with E-state index in [2.05, 4.69) is 0 Å². The topological polar surface area (TPSA) is 37.4 Å². The van der Waals surface area contributed by atoms with Crippen molar-refractivity contribution in [2.75, 3.05) is 6.54 Å². The lowest BCUT2D eigenvalue weighted by Gasteiger charge is -2.34. The number of nitrogens with zero attached hydrogens (tertiary/aromatic N) is 1. The van der Waals surface area contributed by atoms with Crippen LogP contribution in [-0.2, 0) is 4.79 Å². The van der Waals surface area contributed by atoms with Gasteiger partial charge in [0.05, 0.1) is 0 Å². The van der Waals surface area contributed by atoms with Gasteiger partial charge in [-0.15, -0.1) is 0 Å². The summed E-state index contributed by atoms with van der Waals surface area (Å²) in [5, 5.41) is 0. The van der Waals surface area contributed by atoms with Crippen molar-refractivity contribution in [3.05, 3.63) is 47.2 Å². The third-order valence-corrected chi connectivity index (χ3v) is 3.93. The summed E-state index contributed by atoms with van der Waals surface area (Å²) >= 11 is 0. The highest BCUT2D eigenvalue weighted by molar-refractivity contribution is 6.01. The average Bonchev–Trinajstić information content (AvgIpc) is 2.48. The van der Waals surface area contributed by atoms with Gasteiger partial charge in [-0.1, -0.05) is 18.2 Å². The first-order valence-corrected chi connectivity index (χ1v) is 6.89. The average molecular weight is 255 g/mol. The lowest BCUT2D eigenvalue weighted by Crippen LogP contribution is -2.38. The number of ketones is 1. The van der Waals surface area contributed by atoms with E-state index >= 15 is 0 Å². The number of Topliss-reactive ketones (excluding diaryl/α,β-unsaturated/α-hetero) is 1. The highest BCUT2D eigenvalue weighted by Gasteiger charge is 2.31. The Morgan fingerprint density at radius 3 is 2.53 bits per heavy atom. The molecule has 0 radical (unpaired) electrons. The van der Waals surface area contributed by atoms with Crippen LogP contribution in [0.4, 0.5) is 0 Å². The van der Waals surface area contributed by atoms with E-state index in [-0.39, 0.29) is 11.7 Å². The van der Waals surface area contributed by atoms with Crippen LogP contribution in [0.2, 0.25) is 0 Å². The maximum atomic E-state index is 12.5. The Bertz CT molecular complexity index is 545. The van der Waals surface area contributed by atoms with Crippen molar-refractivity contribution in [1.82, 2.24) is 4.90 Å². The first kappa shape index (κ1) is 12.2. The van der Waals surface area contributed by atoms with Gasteiger partial charge in [0.2, 0.25) is 0 Å². The zero-order valence-electron chi connectivity index (χ0n) is 10.9. The molecule has 3 nitrogen and oxygen atoms in total. The van der Waals surface area contributed by atoms with Crippen molar-refractivity contribution in [2.45, 2.75) is 32.1 Å². The molecule has 0 fully saturated rings. The van der Waals surface area contributed by atoms with Crippen LogP contribution in [0.5, 0.6) is 0 Å². The smallest absolute Gasteiger partial charge is 0.258 e. The fourth-order valence-corrected chi connectivity index (χ4v) is 2.95. The molecule has 98 valence electrons. The second-order valence-corrected chi connectivity index (χ2v) is 5.13. The van der Waals surface area contributed by atoms with E-state index < -0.39 is 0 Å². The van der Waals surface area contributed by atoms with Crippen LogP contribution in [0, 0.1) is 0 Å². The molecule has 0 spiro atoms. The molecule has 3 rings (SSSR count). The second kappa shape index (κ2) is 5.00. The number of carbonyl (C=O) groups excluding carboxylic acids is 2. The van der Waals surface area contributed by atoms with E-state index in [9.17, 15) is 9.59 Å². The zero-order valence-corrected chi connectivity index (χ0v) is 10.9. The Balaban J connectivity index is 1.95. The molecule has 0 bridgehead atoms. The van der Waals surface area contributed by atoms with Crippen molar-refractivity contribution in [3.63, 3.8) is 0 Å². The van der Waals surface area contributed by atoms with Gasteiger partial charge in [-0.2, -0.15) is 0 Å². The van der Waals surface area contributed by atoms with Gasteiger partial charge < -0.3 is 4.90 Å². The molecule has 1 heterocycles. The number of hydrogen-bond acceptors (Lipinski definition) is 2. The van der Waals surface area contributed by atoms with Crippen molar-refractivity contribution in [3.8, 4) is 0 Å². The molecular weight excluding hydrogens is 238 g/mol. The largest absolute Gasteiger partial charge is 0.311 e. The number of carbonyl (C=O) groups is 2. The minimum Gasteiger partial charge on any atom is -0.311 e. The number of amides is 1. The van der Waals surface area contributed by atoms with Gasteiger partial charge in [0, 0.05) is 29.8 Å². The van der Waals surface area contributed by atoms with E-state index in [1.54, 1.807) is 0 Å². The van der Waals surface area contributed by atoms with Crippen molar-refractivity contribution < 1.29 is 9.59 Å². The predicted octanol–water partition coefficient (Wildman–Crippen LogP) is 2.93. The lowest BCUT2D eigenvalue weighted by atomic mass is 9.88. The van der Waals surface area contributed by atoms with Crippen LogP contribution in [0.15, 0.2) is 41.6 Å². The molecule has 2 aliphatic rings. The van der Waals surface area contributed by atoms with Gasteiger partial charge in [-0.3, -0.25) is 9.59 Å². The number of hydrogen-bond donors (Lipinski definition) is 0. The minimum absolute atomic E-state index is 0.0301. The summed E-state index contributed by atoms with van der Waals surface area (Å²) in [6.45, 7) is 0.533. The Morgan fingerprint density at radius 2 is 1.74 bits per heavy atom. The van der Waals surface area contributed by atoms with Crippen LogP contribution in [-0.4, -0.2) is 23.1 Å². The molecule has 3 heteroatoms. The molecule has 0 saturated carbocycles. The van der Waals surface area contributed by atoms with E-state index in [0.717, 1.165) is 37.0 Å². The van der Waals surface area contributed by atoms with Crippen LogP contribution in [0.25, 0.3) is 0 Å². The fourth-order valence-electron chi connectivity index (χ4n) is 2.95. The van der Waals surface area contributed by atoms with Crippen LogP contribution >= 0.6 is 0 Å². The van der Waals surface area contributed by atoms with E-state index in [0.29, 0.717) is 18.5 Å². The molecule has 0 saturated heterocycles. The van der Waals surface area contributed by atoms with E-state index in [1.165, 1.54) is 0 Å². The summed E-state index contributed by atoms with van der Waals surface area (Å²) in [7, 11) is 0. The molecule has 1 aliphatic carbocycles. The molecule has 19 heavy (non-hydrogen) atoms. The maximum Gasteiger partial charge on any atom is 0.258 e. The monoisotopic (exact) mass is 255 g/mol. The molecule has 0 N–H and O–H groups in total. The summed E-state index contributed by atoms with van der Waals surface area (Å²) in [5.74, 6) is 0.273. The normalized spacial score (nSPS) is 19.4. The van der Waals surface area contributed by atoms with Crippen molar-refractivity contribution >= 4 is 11.7 Å². The summed E-state index contributed by atoms with van der Waals surface area (Å²) in [6.07, 6.45) is 4.31.